The number of benzene rings is 1. The van der Waals surface area contributed by atoms with E-state index in [0.717, 1.165) is 18.5 Å². The maximum absolute atomic E-state index is 12.5. The Hall–Kier alpha value is -2.89. The lowest BCUT2D eigenvalue weighted by Crippen LogP contribution is -2.28. The smallest absolute Gasteiger partial charge is 0.251 e. The van der Waals surface area contributed by atoms with E-state index in [2.05, 4.69) is 17.0 Å². The number of carbonyl (C=O) groups is 2. The molecule has 0 spiro atoms. The zero-order valence-corrected chi connectivity index (χ0v) is 14.9. The van der Waals surface area contributed by atoms with Gasteiger partial charge in [-0.3, -0.25) is 14.3 Å². The van der Waals surface area contributed by atoms with E-state index in [9.17, 15) is 9.59 Å². The van der Waals surface area contributed by atoms with Crippen molar-refractivity contribution in [2.45, 2.75) is 32.9 Å². The van der Waals surface area contributed by atoms with Crippen LogP contribution in [0.5, 0.6) is 0 Å². The van der Waals surface area contributed by atoms with Crippen molar-refractivity contribution in [2.24, 2.45) is 0 Å². The van der Waals surface area contributed by atoms with Crippen LogP contribution in [0.3, 0.4) is 0 Å². The monoisotopic (exact) mass is 340 g/mol. The Morgan fingerprint density at radius 3 is 2.52 bits per heavy atom. The van der Waals surface area contributed by atoms with Gasteiger partial charge in [-0.2, -0.15) is 5.10 Å². The van der Waals surface area contributed by atoms with Crippen molar-refractivity contribution in [3.8, 4) is 0 Å². The highest BCUT2D eigenvalue weighted by Gasteiger charge is 2.16. The molecule has 0 bridgehead atoms. The number of amides is 2. The Kier molecular flexibility index (Phi) is 6.11. The first kappa shape index (κ1) is 18.4. The second-order valence-corrected chi connectivity index (χ2v) is 5.71. The van der Waals surface area contributed by atoms with Crippen LogP contribution in [0.1, 0.15) is 42.2 Å². The number of anilines is 1. The van der Waals surface area contributed by atoms with Crippen molar-refractivity contribution in [3.63, 3.8) is 0 Å². The predicted octanol–water partition coefficient (Wildman–Crippen LogP) is 2.93. The minimum Gasteiger partial charge on any atom is -0.345 e. The number of aromatic nitrogens is 2. The van der Waals surface area contributed by atoms with Gasteiger partial charge in [0, 0.05) is 36.6 Å². The molecule has 2 aromatic rings. The molecule has 0 radical (unpaired) electrons. The van der Waals surface area contributed by atoms with E-state index < -0.39 is 0 Å². The summed E-state index contributed by atoms with van der Waals surface area (Å²) in [6.45, 7) is 8.30. The SMILES string of the molecule is C=CC(=O)N(C)c1ccc(C(=O)NC(CC)c2cnn(CC)c2)cc1. The number of nitrogens with zero attached hydrogens (tertiary/aromatic N) is 3. The Morgan fingerprint density at radius 1 is 1.32 bits per heavy atom. The van der Waals surface area contributed by atoms with Gasteiger partial charge >= 0.3 is 0 Å². The molecule has 0 saturated carbocycles. The van der Waals surface area contributed by atoms with Gasteiger partial charge in [0.1, 0.15) is 0 Å². The normalized spacial score (nSPS) is 11.6. The molecule has 1 aromatic heterocycles. The number of aryl methyl sites for hydroxylation is 1. The largest absolute Gasteiger partial charge is 0.345 e. The third kappa shape index (κ3) is 4.35. The summed E-state index contributed by atoms with van der Waals surface area (Å²) in [5.41, 5.74) is 2.24. The van der Waals surface area contributed by atoms with Crippen molar-refractivity contribution in [3.05, 3.63) is 60.4 Å². The summed E-state index contributed by atoms with van der Waals surface area (Å²) in [5.74, 6) is -0.350. The molecule has 0 aliphatic rings. The summed E-state index contributed by atoms with van der Waals surface area (Å²) in [6.07, 6.45) is 5.77. The molecular formula is C19H24N4O2. The van der Waals surface area contributed by atoms with Crippen LogP contribution in [-0.4, -0.2) is 28.6 Å². The zero-order chi connectivity index (χ0) is 18.4. The molecule has 1 aromatic carbocycles. The number of likely N-dealkylation sites (N-methyl/N-ethyl adjacent to an activating group) is 1. The van der Waals surface area contributed by atoms with Crippen molar-refractivity contribution < 1.29 is 9.59 Å². The summed E-state index contributed by atoms with van der Waals surface area (Å²) >= 11 is 0. The average Bonchev–Trinajstić information content (AvgIpc) is 3.13. The molecule has 0 aliphatic carbocycles. The second-order valence-electron chi connectivity index (χ2n) is 5.71. The van der Waals surface area contributed by atoms with Crippen LogP contribution >= 0.6 is 0 Å². The zero-order valence-electron chi connectivity index (χ0n) is 14.9. The van der Waals surface area contributed by atoms with Crippen LogP contribution < -0.4 is 10.2 Å². The van der Waals surface area contributed by atoms with Crippen LogP contribution in [0.4, 0.5) is 5.69 Å². The molecule has 0 fully saturated rings. The molecule has 0 aliphatic heterocycles. The van der Waals surface area contributed by atoms with Crippen molar-refractivity contribution in [1.29, 1.82) is 0 Å². The molecule has 25 heavy (non-hydrogen) atoms. The summed E-state index contributed by atoms with van der Waals surface area (Å²) in [7, 11) is 1.66. The summed E-state index contributed by atoms with van der Waals surface area (Å²) in [5, 5.41) is 7.29. The van der Waals surface area contributed by atoms with Crippen LogP contribution in [0.15, 0.2) is 49.3 Å². The Balaban J connectivity index is 2.09. The predicted molar refractivity (Wildman–Crippen MR) is 98.4 cm³/mol. The molecule has 6 nitrogen and oxygen atoms in total. The Labute approximate surface area is 148 Å². The number of nitrogens with one attached hydrogen (secondary N) is 1. The van der Waals surface area contributed by atoms with Crippen LogP contribution in [0.25, 0.3) is 0 Å². The van der Waals surface area contributed by atoms with Gasteiger partial charge in [0.2, 0.25) is 5.91 Å². The van der Waals surface area contributed by atoms with E-state index in [0.29, 0.717) is 11.3 Å². The second kappa shape index (κ2) is 8.28. The molecule has 1 unspecified atom stereocenters. The van der Waals surface area contributed by atoms with E-state index in [4.69, 9.17) is 0 Å². The fourth-order valence-corrected chi connectivity index (χ4v) is 2.50. The maximum atomic E-state index is 12.5. The third-order valence-corrected chi connectivity index (χ3v) is 4.12. The molecule has 0 saturated heterocycles. The highest BCUT2D eigenvalue weighted by Crippen LogP contribution is 2.18. The van der Waals surface area contributed by atoms with Crippen LogP contribution in [0, 0.1) is 0 Å². The summed E-state index contributed by atoms with van der Waals surface area (Å²) in [6, 6.07) is 6.82. The van der Waals surface area contributed by atoms with Crippen molar-refractivity contribution >= 4 is 17.5 Å². The van der Waals surface area contributed by atoms with E-state index in [1.54, 1.807) is 37.5 Å². The minimum absolute atomic E-state index is 0.0857. The first-order valence-electron chi connectivity index (χ1n) is 8.33. The minimum atomic E-state index is -0.198. The fraction of sp³-hybridized carbons (Fsp3) is 0.316. The lowest BCUT2D eigenvalue weighted by Gasteiger charge is -2.17. The number of hydrogen-bond donors (Lipinski definition) is 1. The molecule has 132 valence electrons. The first-order valence-corrected chi connectivity index (χ1v) is 8.33. The van der Waals surface area contributed by atoms with Gasteiger partial charge in [-0.15, -0.1) is 0 Å². The topological polar surface area (TPSA) is 67.2 Å². The highest BCUT2D eigenvalue weighted by molar-refractivity contribution is 6.01. The molecule has 1 heterocycles. The summed E-state index contributed by atoms with van der Waals surface area (Å²) in [4.78, 5) is 25.6. The molecule has 2 amide bonds. The van der Waals surface area contributed by atoms with E-state index in [1.165, 1.54) is 11.0 Å². The molecular weight excluding hydrogens is 316 g/mol. The fourth-order valence-electron chi connectivity index (χ4n) is 2.50. The third-order valence-electron chi connectivity index (χ3n) is 4.12. The number of carbonyl (C=O) groups excluding carboxylic acids is 2. The molecule has 2 rings (SSSR count). The quantitative estimate of drug-likeness (QED) is 0.788. The standard InChI is InChI=1S/C19H24N4O2/c1-5-17(15-12-20-23(7-3)13-15)21-19(25)14-8-10-16(11-9-14)22(4)18(24)6-2/h6,8-13,17H,2,5,7H2,1,3-4H3,(H,21,25). The number of hydrogen-bond acceptors (Lipinski definition) is 3. The van der Waals surface area contributed by atoms with Gasteiger partial charge in [0.15, 0.2) is 0 Å². The Morgan fingerprint density at radius 2 is 2.00 bits per heavy atom. The maximum Gasteiger partial charge on any atom is 0.251 e. The van der Waals surface area contributed by atoms with E-state index >= 15 is 0 Å². The van der Waals surface area contributed by atoms with E-state index in [-0.39, 0.29) is 17.9 Å². The lowest BCUT2D eigenvalue weighted by atomic mass is 10.1. The number of rotatable bonds is 7. The van der Waals surface area contributed by atoms with Crippen LogP contribution in [-0.2, 0) is 11.3 Å². The van der Waals surface area contributed by atoms with Gasteiger partial charge in [-0.1, -0.05) is 13.5 Å². The first-order chi connectivity index (χ1) is 12.0. The average molecular weight is 340 g/mol. The van der Waals surface area contributed by atoms with Gasteiger partial charge < -0.3 is 10.2 Å². The van der Waals surface area contributed by atoms with Gasteiger partial charge in [-0.25, -0.2) is 0 Å². The lowest BCUT2D eigenvalue weighted by molar-refractivity contribution is -0.113. The molecule has 1 N–H and O–H groups in total. The molecule has 6 heteroatoms. The molecule has 1 atom stereocenters. The van der Waals surface area contributed by atoms with Gasteiger partial charge in [-0.05, 0) is 43.7 Å². The van der Waals surface area contributed by atoms with Gasteiger partial charge in [0.25, 0.3) is 5.91 Å². The van der Waals surface area contributed by atoms with Crippen LogP contribution in [0.2, 0.25) is 0 Å². The van der Waals surface area contributed by atoms with Crippen molar-refractivity contribution in [1.82, 2.24) is 15.1 Å². The Bertz CT molecular complexity index is 749. The van der Waals surface area contributed by atoms with E-state index in [1.807, 2.05) is 24.7 Å². The summed E-state index contributed by atoms with van der Waals surface area (Å²) < 4.78 is 1.84. The highest BCUT2D eigenvalue weighted by atomic mass is 16.2. The van der Waals surface area contributed by atoms with Gasteiger partial charge in [0.05, 0.1) is 12.2 Å². The van der Waals surface area contributed by atoms with Crippen molar-refractivity contribution in [2.75, 3.05) is 11.9 Å².